The Morgan fingerprint density at radius 3 is 2.20 bits per heavy atom. The average Bonchev–Trinajstić information content (AvgIpc) is 2.72. The van der Waals surface area contributed by atoms with Gasteiger partial charge in [0.2, 0.25) is 0 Å². The van der Waals surface area contributed by atoms with E-state index in [1.807, 2.05) is 19.9 Å². The summed E-state index contributed by atoms with van der Waals surface area (Å²) in [5, 5.41) is 9.25. The first-order valence-corrected chi connectivity index (χ1v) is 8.90. The molecular formula is C21H18F3N3O3. The Kier molecular flexibility index (Phi) is 6.85. The number of halogens is 3. The predicted octanol–water partition coefficient (Wildman–Crippen LogP) is 4.25. The first-order valence-electron chi connectivity index (χ1n) is 8.90. The van der Waals surface area contributed by atoms with Gasteiger partial charge in [-0.3, -0.25) is 9.36 Å². The van der Waals surface area contributed by atoms with Crippen molar-refractivity contribution in [1.82, 2.24) is 9.13 Å². The first-order chi connectivity index (χ1) is 14.2. The van der Waals surface area contributed by atoms with E-state index in [0.29, 0.717) is 21.0 Å². The quantitative estimate of drug-likeness (QED) is 0.639. The van der Waals surface area contributed by atoms with Crippen LogP contribution in [0.2, 0.25) is 0 Å². The summed E-state index contributed by atoms with van der Waals surface area (Å²) in [6.45, 7) is 4.00. The van der Waals surface area contributed by atoms with E-state index in [1.54, 1.807) is 30.3 Å². The van der Waals surface area contributed by atoms with Gasteiger partial charge in [-0.05, 0) is 24.3 Å². The number of nitriles is 1. The van der Waals surface area contributed by atoms with Crippen LogP contribution >= 0.6 is 0 Å². The minimum Gasteiger partial charge on any atom is -0.456 e. The SMILES string of the molecule is CC.Cn1c(C(F)(F)F)cc(=O)n(-c2ccc(C#N)c(Oc3ccccc3)c2)c1=O. The van der Waals surface area contributed by atoms with E-state index in [0.717, 1.165) is 7.05 Å². The van der Waals surface area contributed by atoms with Crippen LogP contribution < -0.4 is 16.0 Å². The van der Waals surface area contributed by atoms with Crippen LogP contribution in [0.4, 0.5) is 13.2 Å². The Morgan fingerprint density at radius 1 is 1.00 bits per heavy atom. The van der Waals surface area contributed by atoms with Crippen molar-refractivity contribution in [3.8, 4) is 23.3 Å². The molecular weight excluding hydrogens is 399 g/mol. The van der Waals surface area contributed by atoms with Gasteiger partial charge in [0, 0.05) is 19.2 Å². The molecule has 0 unspecified atom stereocenters. The molecule has 0 saturated heterocycles. The maximum Gasteiger partial charge on any atom is 0.431 e. The number of para-hydroxylation sites is 1. The van der Waals surface area contributed by atoms with Crippen LogP contribution in [0.3, 0.4) is 0 Å². The van der Waals surface area contributed by atoms with E-state index in [9.17, 15) is 28.0 Å². The number of nitrogens with zero attached hydrogens (tertiary/aromatic N) is 3. The fraction of sp³-hybridized carbons (Fsp3) is 0.190. The van der Waals surface area contributed by atoms with Crippen LogP contribution in [0.5, 0.6) is 11.5 Å². The van der Waals surface area contributed by atoms with Gasteiger partial charge in [-0.15, -0.1) is 0 Å². The summed E-state index contributed by atoms with van der Waals surface area (Å²) in [5.41, 5.74) is -3.57. The molecule has 0 bridgehead atoms. The van der Waals surface area contributed by atoms with Crippen molar-refractivity contribution < 1.29 is 17.9 Å². The largest absolute Gasteiger partial charge is 0.456 e. The lowest BCUT2D eigenvalue weighted by Gasteiger charge is -2.15. The highest BCUT2D eigenvalue weighted by Gasteiger charge is 2.35. The minimum absolute atomic E-state index is 0.0238. The zero-order chi connectivity index (χ0) is 22.5. The molecule has 0 spiro atoms. The van der Waals surface area contributed by atoms with Crippen molar-refractivity contribution in [3.63, 3.8) is 0 Å². The Bertz CT molecular complexity index is 1190. The Morgan fingerprint density at radius 2 is 1.63 bits per heavy atom. The van der Waals surface area contributed by atoms with E-state index in [4.69, 9.17) is 4.74 Å². The lowest BCUT2D eigenvalue weighted by atomic mass is 10.2. The summed E-state index contributed by atoms with van der Waals surface area (Å²) in [6.07, 6.45) is -4.85. The summed E-state index contributed by atoms with van der Waals surface area (Å²) < 4.78 is 45.5. The molecule has 2 aromatic carbocycles. The minimum atomic E-state index is -4.85. The number of alkyl halides is 3. The van der Waals surface area contributed by atoms with Crippen molar-refractivity contribution in [2.24, 2.45) is 7.05 Å². The second-order valence-electron chi connectivity index (χ2n) is 5.75. The number of benzene rings is 2. The maximum atomic E-state index is 13.0. The predicted molar refractivity (Wildman–Crippen MR) is 105 cm³/mol. The van der Waals surface area contributed by atoms with Gasteiger partial charge >= 0.3 is 11.9 Å². The molecule has 0 fully saturated rings. The normalized spacial score (nSPS) is 10.6. The summed E-state index contributed by atoms with van der Waals surface area (Å²) in [7, 11) is 0.923. The Labute approximate surface area is 170 Å². The molecule has 0 atom stereocenters. The van der Waals surface area contributed by atoms with Gasteiger partial charge in [0.1, 0.15) is 23.3 Å². The third kappa shape index (κ3) is 4.60. The topological polar surface area (TPSA) is 77.0 Å². The smallest absolute Gasteiger partial charge is 0.431 e. The zero-order valence-electron chi connectivity index (χ0n) is 16.4. The fourth-order valence-electron chi connectivity index (χ4n) is 2.58. The lowest BCUT2D eigenvalue weighted by Crippen LogP contribution is -2.40. The molecule has 0 radical (unpaired) electrons. The van der Waals surface area contributed by atoms with Crippen LogP contribution in [0.1, 0.15) is 25.1 Å². The third-order valence-electron chi connectivity index (χ3n) is 3.93. The molecule has 3 rings (SSSR count). The number of ether oxygens (including phenoxy) is 1. The summed E-state index contributed by atoms with van der Waals surface area (Å²) in [5.74, 6) is 0.462. The van der Waals surface area contributed by atoms with Crippen molar-refractivity contribution in [2.45, 2.75) is 20.0 Å². The first kappa shape index (κ1) is 22.5. The third-order valence-corrected chi connectivity index (χ3v) is 3.93. The van der Waals surface area contributed by atoms with E-state index in [1.165, 1.54) is 18.2 Å². The van der Waals surface area contributed by atoms with Gasteiger partial charge in [-0.2, -0.15) is 18.4 Å². The molecule has 6 nitrogen and oxygen atoms in total. The molecule has 0 N–H and O–H groups in total. The monoisotopic (exact) mass is 417 g/mol. The number of aromatic nitrogens is 2. The molecule has 0 amide bonds. The van der Waals surface area contributed by atoms with Gasteiger partial charge in [0.15, 0.2) is 0 Å². The van der Waals surface area contributed by atoms with Crippen LogP contribution in [0, 0.1) is 11.3 Å². The second kappa shape index (κ2) is 9.13. The van der Waals surface area contributed by atoms with Gasteiger partial charge in [0.25, 0.3) is 5.56 Å². The van der Waals surface area contributed by atoms with Crippen LogP contribution in [-0.4, -0.2) is 9.13 Å². The van der Waals surface area contributed by atoms with Crippen molar-refractivity contribution in [1.29, 1.82) is 5.26 Å². The van der Waals surface area contributed by atoms with E-state index >= 15 is 0 Å². The van der Waals surface area contributed by atoms with Gasteiger partial charge in [0.05, 0.1) is 11.3 Å². The molecule has 9 heteroatoms. The number of rotatable bonds is 3. The molecule has 0 aliphatic heterocycles. The zero-order valence-corrected chi connectivity index (χ0v) is 16.4. The second-order valence-corrected chi connectivity index (χ2v) is 5.75. The van der Waals surface area contributed by atoms with Crippen molar-refractivity contribution in [3.05, 3.63) is 86.7 Å². The van der Waals surface area contributed by atoms with Crippen molar-refractivity contribution in [2.75, 3.05) is 0 Å². The summed E-state index contributed by atoms with van der Waals surface area (Å²) in [6, 6.07) is 14.6. The lowest BCUT2D eigenvalue weighted by molar-refractivity contribution is -0.144. The summed E-state index contributed by atoms with van der Waals surface area (Å²) in [4.78, 5) is 24.6. The highest BCUT2D eigenvalue weighted by molar-refractivity contribution is 5.51. The number of hydrogen-bond acceptors (Lipinski definition) is 4. The van der Waals surface area contributed by atoms with E-state index in [-0.39, 0.29) is 17.0 Å². The fourth-order valence-corrected chi connectivity index (χ4v) is 2.58. The van der Waals surface area contributed by atoms with Crippen molar-refractivity contribution >= 4 is 0 Å². The molecule has 1 aromatic heterocycles. The van der Waals surface area contributed by atoms with E-state index < -0.39 is 23.1 Å². The van der Waals surface area contributed by atoms with Gasteiger partial charge in [-0.1, -0.05) is 32.0 Å². The Balaban J connectivity index is 0.00000155. The van der Waals surface area contributed by atoms with E-state index in [2.05, 4.69) is 0 Å². The van der Waals surface area contributed by atoms with Gasteiger partial charge < -0.3 is 4.74 Å². The summed E-state index contributed by atoms with van der Waals surface area (Å²) >= 11 is 0. The maximum absolute atomic E-state index is 13.0. The Hall–Kier alpha value is -3.80. The molecule has 0 aliphatic carbocycles. The highest BCUT2D eigenvalue weighted by Crippen LogP contribution is 2.28. The molecule has 1 heterocycles. The number of hydrogen-bond donors (Lipinski definition) is 0. The average molecular weight is 417 g/mol. The molecule has 30 heavy (non-hydrogen) atoms. The highest BCUT2D eigenvalue weighted by atomic mass is 19.4. The standard InChI is InChI=1S/C19H12F3N3O3.C2H6/c1-24-16(19(20,21)22)10-17(26)25(18(24)27)13-8-7-12(11-23)15(9-13)28-14-5-3-2-4-6-14;1-2/h2-10H,1H3;1-2H3. The van der Waals surface area contributed by atoms with Crippen LogP contribution in [-0.2, 0) is 13.2 Å². The molecule has 0 saturated carbocycles. The molecule has 0 aliphatic rings. The van der Waals surface area contributed by atoms with Gasteiger partial charge in [-0.25, -0.2) is 9.36 Å². The van der Waals surface area contributed by atoms with Crippen LogP contribution in [0.25, 0.3) is 5.69 Å². The van der Waals surface area contributed by atoms with Crippen LogP contribution in [0.15, 0.2) is 64.2 Å². The molecule has 3 aromatic rings. The molecule has 156 valence electrons.